The number of Topliss-reactive ketones (excluding diaryl/α,β-unsaturated/α-hetero) is 1. The molecule has 3 aliphatic rings. The Bertz CT molecular complexity index is 1010. The van der Waals surface area contributed by atoms with Gasteiger partial charge in [0.2, 0.25) is 0 Å². The van der Waals surface area contributed by atoms with Crippen LogP contribution < -0.4 is 0 Å². The maximum atomic E-state index is 13.0. The first-order valence-corrected chi connectivity index (χ1v) is 10.8. The number of nitrogens with zero attached hydrogens (tertiary/aromatic N) is 6. The summed E-state index contributed by atoms with van der Waals surface area (Å²) in [6.07, 6.45) is 12.7. The molecule has 0 amide bonds. The molecule has 4 atom stereocenters. The minimum atomic E-state index is -0.166. The van der Waals surface area contributed by atoms with E-state index in [2.05, 4.69) is 20.1 Å². The van der Waals surface area contributed by atoms with Gasteiger partial charge in [-0.15, -0.1) is 0 Å². The van der Waals surface area contributed by atoms with Crippen LogP contribution in [0.1, 0.15) is 25.7 Å². The molecule has 0 aliphatic heterocycles. The van der Waals surface area contributed by atoms with Crippen molar-refractivity contribution in [2.45, 2.75) is 25.7 Å². The summed E-state index contributed by atoms with van der Waals surface area (Å²) in [5, 5.41) is 7.04. The second-order valence-corrected chi connectivity index (χ2v) is 8.54. The molecule has 3 aliphatic carbocycles. The second kappa shape index (κ2) is 14.3. The van der Waals surface area contributed by atoms with Gasteiger partial charge in [-0.2, -0.15) is 0 Å². The van der Waals surface area contributed by atoms with E-state index >= 15 is 0 Å². The van der Waals surface area contributed by atoms with E-state index in [0.717, 1.165) is 12.8 Å². The summed E-state index contributed by atoms with van der Waals surface area (Å²) in [6, 6.07) is 0. The average molecular weight is 489 g/mol. The second-order valence-electron chi connectivity index (χ2n) is 7.26. The van der Waals surface area contributed by atoms with Crippen LogP contribution in [0.3, 0.4) is 0 Å². The Morgan fingerprint density at radius 1 is 0.844 bits per heavy atom. The van der Waals surface area contributed by atoms with Crippen molar-refractivity contribution >= 4 is 97.1 Å². The summed E-state index contributed by atoms with van der Waals surface area (Å²) in [5.74, 6) is -0.461. The first kappa shape index (κ1) is 29.1. The Hall–Kier alpha value is -0.970. The molecule has 3 rings (SSSR count). The Morgan fingerprint density at radius 2 is 1.25 bits per heavy atom. The first-order valence-electron chi connectivity index (χ1n) is 9.36. The molecule has 156 valence electrons. The van der Waals surface area contributed by atoms with E-state index in [4.69, 9.17) is 11.1 Å². The molecular weight excluding hydrogens is 470 g/mol. The predicted octanol–water partition coefficient (Wildman–Crippen LogP) is 3.13. The number of rotatable bonds is 6. The fraction of sp³-hybridized carbons (Fsp3) is 0.421. The van der Waals surface area contributed by atoms with Gasteiger partial charge in [0.15, 0.2) is 0 Å². The Kier molecular flexibility index (Phi) is 13.0. The largest absolute Gasteiger partial charge is 0.299 e. The van der Waals surface area contributed by atoms with Crippen molar-refractivity contribution in [2.24, 2.45) is 33.9 Å². The van der Waals surface area contributed by atoms with Gasteiger partial charge < -0.3 is 0 Å². The van der Waals surface area contributed by atoms with Crippen molar-refractivity contribution < 1.29 is 13.2 Å². The maximum absolute atomic E-state index is 13.0. The van der Waals surface area contributed by atoms with E-state index < -0.39 is 0 Å². The molecule has 13 heteroatoms. The zero-order valence-electron chi connectivity index (χ0n) is 17.8. The first-order chi connectivity index (χ1) is 14.6. The summed E-state index contributed by atoms with van der Waals surface area (Å²) in [5.41, 5.74) is 17.9. The molecule has 0 spiro atoms. The number of allylic oxidation sites excluding steroid dienone is 6. The normalized spacial score (nSPS) is 25.9. The zero-order chi connectivity index (χ0) is 21.5. The van der Waals surface area contributed by atoms with Crippen molar-refractivity contribution in [3.8, 4) is 0 Å². The van der Waals surface area contributed by atoms with Gasteiger partial charge in [-0.3, -0.25) is 4.79 Å². The number of hydrogen-bond donors (Lipinski definition) is 0. The van der Waals surface area contributed by atoms with Gasteiger partial charge in [-0.25, -0.2) is 8.42 Å². The molecule has 32 heavy (non-hydrogen) atoms. The van der Waals surface area contributed by atoms with Gasteiger partial charge in [0, 0.05) is 104 Å². The summed E-state index contributed by atoms with van der Waals surface area (Å²) in [4.78, 5) is 19.5. The number of ketones is 1. The van der Waals surface area contributed by atoms with Gasteiger partial charge in [-0.1, -0.05) is 34.5 Å². The average Bonchev–Trinajstić information content (AvgIpc) is 3.09. The van der Waals surface area contributed by atoms with Crippen LogP contribution in [0.2, 0.25) is 0 Å². The Morgan fingerprint density at radius 3 is 1.59 bits per heavy atom. The molecule has 9 nitrogen and oxygen atoms in total. The molecule has 0 aromatic rings. The third-order valence-electron chi connectivity index (χ3n) is 5.57. The van der Waals surface area contributed by atoms with Crippen molar-refractivity contribution in [1.29, 1.82) is 0 Å². The van der Waals surface area contributed by atoms with Crippen molar-refractivity contribution in [1.82, 2.24) is 0 Å². The smallest absolute Gasteiger partial charge is 0.139 e. The van der Waals surface area contributed by atoms with Gasteiger partial charge in [0.1, 0.15) is 5.78 Å². The van der Waals surface area contributed by atoms with E-state index in [0.29, 0.717) is 56.5 Å². The molecule has 4 unspecified atom stereocenters. The minimum absolute atomic E-state index is 0. The van der Waals surface area contributed by atoms with E-state index in [1.165, 1.54) is 0 Å². The van der Waals surface area contributed by atoms with Crippen LogP contribution in [0.25, 0.3) is 20.9 Å². The third kappa shape index (κ3) is 7.27. The standard InChI is InChI=1S/C19H18N6O3S2.2Na/c20-24-22-15-5-3-11(17(9-15)29-27)7-13-1-2-14(19(13)26)8-12-4-6-16(23-25-21)10-18(12)30-28;;/h3-6,9-14H,1-2,7-8H2;;. The molecular formula is C19H18N6Na2O3S2. The van der Waals surface area contributed by atoms with E-state index in [1.54, 1.807) is 24.3 Å². The van der Waals surface area contributed by atoms with Crippen molar-refractivity contribution in [3.63, 3.8) is 0 Å². The monoisotopic (exact) mass is 488 g/mol. The summed E-state index contributed by atoms with van der Waals surface area (Å²) < 4.78 is 22.9. The number of carbonyl (C=O) groups excluding carboxylic acids is 1. The van der Waals surface area contributed by atoms with Gasteiger partial charge in [0.05, 0.1) is 32.2 Å². The molecule has 0 aromatic heterocycles. The Labute approximate surface area is 236 Å². The van der Waals surface area contributed by atoms with E-state index in [9.17, 15) is 13.2 Å². The number of hydrogen-bond acceptors (Lipinski definition) is 5. The van der Waals surface area contributed by atoms with E-state index in [-0.39, 0.29) is 88.6 Å². The summed E-state index contributed by atoms with van der Waals surface area (Å²) in [7, 11) is 0. The van der Waals surface area contributed by atoms with Crippen LogP contribution in [0.4, 0.5) is 0 Å². The SMILES string of the molecule is [N-]=[N+]=NC1=CC(=S=O)C(CC2CCC(CC3C=CC(N=[N+]=[N-])=CC3=S=O)C2=O)C=C1.[Na].[Na]. The number of azide groups is 2. The molecule has 0 bridgehead atoms. The van der Waals surface area contributed by atoms with Crippen LogP contribution in [0.5, 0.6) is 0 Å². The summed E-state index contributed by atoms with van der Waals surface area (Å²) >= 11 is 0.717. The Balaban J connectivity index is 0.00000256. The fourth-order valence-corrected chi connectivity index (χ4v) is 5.05. The zero-order valence-corrected chi connectivity index (χ0v) is 23.5. The molecule has 0 heterocycles. The van der Waals surface area contributed by atoms with Gasteiger partial charge >= 0.3 is 0 Å². The molecule has 0 saturated heterocycles. The quantitative estimate of drug-likeness (QED) is 0.186. The molecule has 1 saturated carbocycles. The minimum Gasteiger partial charge on any atom is -0.299 e. The van der Waals surface area contributed by atoms with Crippen LogP contribution in [0.15, 0.2) is 58.1 Å². The molecule has 0 aromatic carbocycles. The van der Waals surface area contributed by atoms with Crippen LogP contribution in [-0.2, 0) is 27.3 Å². The molecule has 0 N–H and O–H groups in total. The maximum Gasteiger partial charge on any atom is 0.139 e. The van der Waals surface area contributed by atoms with Crippen LogP contribution in [-0.4, -0.2) is 83.0 Å². The predicted molar refractivity (Wildman–Crippen MR) is 128 cm³/mol. The molecule has 1 fully saturated rings. The number of carbonyl (C=O) groups is 1. The topological polar surface area (TPSA) is 149 Å². The third-order valence-corrected chi connectivity index (χ3v) is 6.79. The van der Waals surface area contributed by atoms with Crippen molar-refractivity contribution in [3.05, 3.63) is 68.7 Å². The van der Waals surface area contributed by atoms with Gasteiger partial charge in [0.25, 0.3) is 0 Å². The molecule has 2 radical (unpaired) electrons. The van der Waals surface area contributed by atoms with Crippen molar-refractivity contribution in [2.75, 3.05) is 0 Å². The van der Waals surface area contributed by atoms with Crippen LogP contribution >= 0.6 is 0 Å². The fourth-order valence-electron chi connectivity index (χ4n) is 4.11. The van der Waals surface area contributed by atoms with Crippen LogP contribution in [0, 0.1) is 23.7 Å². The summed E-state index contributed by atoms with van der Waals surface area (Å²) in [6.45, 7) is 0. The van der Waals surface area contributed by atoms with E-state index in [1.807, 2.05) is 12.2 Å². The van der Waals surface area contributed by atoms with Gasteiger partial charge in [-0.05, 0) is 48.9 Å².